The minimum atomic E-state index is -3.59. The van der Waals surface area contributed by atoms with E-state index in [4.69, 9.17) is 4.74 Å². The SMILES string of the molecule is [CH2]CCCOCc1ccc(S(=O)(=O)OC)cc1. The van der Waals surface area contributed by atoms with Gasteiger partial charge in [0.05, 0.1) is 18.6 Å². The van der Waals surface area contributed by atoms with Crippen LogP contribution in [0.4, 0.5) is 0 Å². The van der Waals surface area contributed by atoms with Crippen LogP contribution < -0.4 is 0 Å². The Labute approximate surface area is 103 Å². The van der Waals surface area contributed by atoms with E-state index in [-0.39, 0.29) is 4.90 Å². The van der Waals surface area contributed by atoms with Gasteiger partial charge in [-0.25, -0.2) is 0 Å². The Morgan fingerprint density at radius 2 is 1.88 bits per heavy atom. The third-order valence-corrected chi connectivity index (χ3v) is 3.53. The zero-order valence-corrected chi connectivity index (χ0v) is 10.7. The van der Waals surface area contributed by atoms with Gasteiger partial charge in [0, 0.05) is 6.61 Å². The second-order valence-electron chi connectivity index (χ2n) is 3.52. The Morgan fingerprint density at radius 3 is 2.41 bits per heavy atom. The number of rotatable bonds is 7. The van der Waals surface area contributed by atoms with Crippen LogP contribution in [0.1, 0.15) is 18.4 Å². The monoisotopic (exact) mass is 257 g/mol. The number of unbranched alkanes of at least 4 members (excludes halogenated alkanes) is 1. The first kappa shape index (κ1) is 14.2. The normalized spacial score (nSPS) is 11.6. The minimum absolute atomic E-state index is 0.154. The van der Waals surface area contributed by atoms with E-state index in [0.717, 1.165) is 25.5 Å². The molecule has 0 unspecified atom stereocenters. The van der Waals surface area contributed by atoms with Crippen molar-refractivity contribution in [2.45, 2.75) is 24.3 Å². The van der Waals surface area contributed by atoms with Crippen LogP contribution in [0, 0.1) is 6.92 Å². The number of ether oxygens (including phenoxy) is 1. The Bertz CT molecular complexity index is 422. The largest absolute Gasteiger partial charge is 0.377 e. The molecule has 17 heavy (non-hydrogen) atoms. The molecule has 1 rings (SSSR count). The van der Waals surface area contributed by atoms with Crippen LogP contribution in [-0.4, -0.2) is 22.1 Å². The molecule has 0 bridgehead atoms. The fourth-order valence-electron chi connectivity index (χ4n) is 1.24. The first-order valence-electron chi connectivity index (χ1n) is 5.36. The summed E-state index contributed by atoms with van der Waals surface area (Å²) in [6, 6.07) is 6.46. The summed E-state index contributed by atoms with van der Waals surface area (Å²) in [6.07, 6.45) is 1.78. The molecule has 0 saturated heterocycles. The van der Waals surface area contributed by atoms with Crippen LogP contribution in [0.15, 0.2) is 29.2 Å². The molecule has 0 N–H and O–H groups in total. The average molecular weight is 257 g/mol. The average Bonchev–Trinajstić information content (AvgIpc) is 2.35. The van der Waals surface area contributed by atoms with Crippen LogP contribution >= 0.6 is 0 Å². The summed E-state index contributed by atoms with van der Waals surface area (Å²) in [5.74, 6) is 0. The first-order valence-corrected chi connectivity index (χ1v) is 6.77. The van der Waals surface area contributed by atoms with E-state index < -0.39 is 10.1 Å². The van der Waals surface area contributed by atoms with E-state index in [1.807, 2.05) is 0 Å². The quantitative estimate of drug-likeness (QED) is 0.555. The summed E-state index contributed by atoms with van der Waals surface area (Å²) < 4.78 is 32.5. The predicted molar refractivity (Wildman–Crippen MR) is 64.9 cm³/mol. The molecule has 0 aliphatic heterocycles. The third kappa shape index (κ3) is 4.46. The van der Waals surface area contributed by atoms with E-state index in [9.17, 15) is 8.42 Å². The number of benzene rings is 1. The lowest BCUT2D eigenvalue weighted by molar-refractivity contribution is 0.119. The molecule has 0 aliphatic rings. The van der Waals surface area contributed by atoms with Gasteiger partial charge in [-0.15, -0.1) is 0 Å². The molecule has 1 aromatic carbocycles. The van der Waals surface area contributed by atoms with Gasteiger partial charge in [-0.1, -0.05) is 25.5 Å². The van der Waals surface area contributed by atoms with Crippen molar-refractivity contribution in [1.29, 1.82) is 0 Å². The van der Waals surface area contributed by atoms with Crippen molar-refractivity contribution in [3.8, 4) is 0 Å². The van der Waals surface area contributed by atoms with Gasteiger partial charge in [-0.3, -0.25) is 4.18 Å². The minimum Gasteiger partial charge on any atom is -0.377 e. The standard InChI is InChI=1S/C12H17O4S/c1-3-4-9-16-10-11-5-7-12(8-6-11)17(13,14)15-2/h5-8H,1,3-4,9-10H2,2H3. The summed E-state index contributed by atoms with van der Waals surface area (Å²) in [5.41, 5.74) is 0.934. The van der Waals surface area contributed by atoms with Crippen LogP contribution in [0.5, 0.6) is 0 Å². The zero-order chi connectivity index (χ0) is 12.7. The second-order valence-corrected chi connectivity index (χ2v) is 5.24. The molecule has 5 heteroatoms. The van der Waals surface area contributed by atoms with Crippen molar-refractivity contribution in [2.24, 2.45) is 0 Å². The summed E-state index contributed by atoms with van der Waals surface area (Å²) >= 11 is 0. The van der Waals surface area contributed by atoms with Crippen LogP contribution in [0.3, 0.4) is 0 Å². The van der Waals surface area contributed by atoms with Gasteiger partial charge >= 0.3 is 0 Å². The zero-order valence-electron chi connectivity index (χ0n) is 9.89. The Kier molecular flexibility index (Phi) is 5.61. The second kappa shape index (κ2) is 6.74. The van der Waals surface area contributed by atoms with Crippen LogP contribution in [-0.2, 0) is 25.6 Å². The lowest BCUT2D eigenvalue weighted by Crippen LogP contribution is -2.03. The maximum absolute atomic E-state index is 11.4. The molecule has 0 aliphatic carbocycles. The molecule has 4 nitrogen and oxygen atoms in total. The molecule has 0 spiro atoms. The number of hydrogen-bond acceptors (Lipinski definition) is 4. The highest BCUT2D eigenvalue weighted by atomic mass is 32.2. The van der Waals surface area contributed by atoms with Crippen LogP contribution in [0.2, 0.25) is 0 Å². The van der Waals surface area contributed by atoms with Gasteiger partial charge in [0.25, 0.3) is 10.1 Å². The highest BCUT2D eigenvalue weighted by Gasteiger charge is 2.11. The molecule has 0 saturated carbocycles. The lowest BCUT2D eigenvalue weighted by atomic mass is 10.2. The predicted octanol–water partition coefficient (Wildman–Crippen LogP) is 2.15. The van der Waals surface area contributed by atoms with Gasteiger partial charge in [-0.05, 0) is 24.1 Å². The third-order valence-electron chi connectivity index (χ3n) is 2.24. The Hall–Kier alpha value is -0.910. The van der Waals surface area contributed by atoms with Gasteiger partial charge in [0.1, 0.15) is 0 Å². The van der Waals surface area contributed by atoms with Gasteiger partial charge in [-0.2, -0.15) is 8.42 Å². The Morgan fingerprint density at radius 1 is 1.24 bits per heavy atom. The highest BCUT2D eigenvalue weighted by molar-refractivity contribution is 7.86. The van der Waals surface area contributed by atoms with Crippen molar-refractivity contribution in [1.82, 2.24) is 0 Å². The van der Waals surface area contributed by atoms with E-state index in [1.165, 1.54) is 12.1 Å². The molecule has 1 aromatic rings. The molecular formula is C12H17O4S. The molecule has 0 heterocycles. The highest BCUT2D eigenvalue weighted by Crippen LogP contribution is 2.13. The molecule has 95 valence electrons. The van der Waals surface area contributed by atoms with Gasteiger partial charge in [0.2, 0.25) is 0 Å². The summed E-state index contributed by atoms with van der Waals surface area (Å²) in [6.45, 7) is 4.87. The smallest absolute Gasteiger partial charge is 0.296 e. The molecule has 0 atom stereocenters. The van der Waals surface area contributed by atoms with Gasteiger partial charge < -0.3 is 4.74 Å². The fourth-order valence-corrected chi connectivity index (χ4v) is 1.90. The van der Waals surface area contributed by atoms with Crippen molar-refractivity contribution in [2.75, 3.05) is 13.7 Å². The first-order chi connectivity index (χ1) is 8.10. The van der Waals surface area contributed by atoms with Crippen molar-refractivity contribution in [3.05, 3.63) is 36.8 Å². The number of hydrogen-bond donors (Lipinski definition) is 0. The lowest BCUT2D eigenvalue weighted by Gasteiger charge is -2.05. The van der Waals surface area contributed by atoms with Crippen LogP contribution in [0.25, 0.3) is 0 Å². The van der Waals surface area contributed by atoms with Crippen molar-refractivity contribution in [3.63, 3.8) is 0 Å². The fraction of sp³-hybridized carbons (Fsp3) is 0.417. The van der Waals surface area contributed by atoms with E-state index in [0.29, 0.717) is 13.2 Å². The Balaban J connectivity index is 2.57. The molecule has 0 amide bonds. The molecular weight excluding hydrogens is 240 g/mol. The molecule has 1 radical (unpaired) electrons. The summed E-state index contributed by atoms with van der Waals surface area (Å²) in [4.78, 5) is 0.154. The maximum atomic E-state index is 11.4. The topological polar surface area (TPSA) is 52.6 Å². The van der Waals surface area contributed by atoms with E-state index in [2.05, 4.69) is 11.1 Å². The van der Waals surface area contributed by atoms with E-state index >= 15 is 0 Å². The summed E-state index contributed by atoms with van der Waals surface area (Å²) in [7, 11) is -2.45. The maximum Gasteiger partial charge on any atom is 0.296 e. The molecule has 0 aromatic heterocycles. The summed E-state index contributed by atoms with van der Waals surface area (Å²) in [5, 5.41) is 0. The van der Waals surface area contributed by atoms with Crippen molar-refractivity contribution >= 4 is 10.1 Å². The van der Waals surface area contributed by atoms with E-state index in [1.54, 1.807) is 12.1 Å². The van der Waals surface area contributed by atoms with Crippen molar-refractivity contribution < 1.29 is 17.3 Å². The molecule has 0 fully saturated rings. The van der Waals surface area contributed by atoms with Gasteiger partial charge in [0.15, 0.2) is 0 Å².